The minimum atomic E-state index is 0.700. The minimum Gasteiger partial charge on any atom is -0.264 e. The van der Waals surface area contributed by atoms with Gasteiger partial charge in [-0.15, -0.1) is 0 Å². The van der Waals surface area contributed by atoms with Crippen LogP contribution in [-0.4, -0.2) is 15.0 Å². The zero-order valence-electron chi connectivity index (χ0n) is 23.9. The van der Waals surface area contributed by atoms with Crippen LogP contribution in [0, 0.1) is 0 Å². The van der Waals surface area contributed by atoms with Gasteiger partial charge in [0.15, 0.2) is 5.82 Å². The molecule has 3 heteroatoms. The molecule has 0 radical (unpaired) electrons. The highest BCUT2D eigenvalue weighted by Crippen LogP contribution is 2.39. The van der Waals surface area contributed by atoms with Crippen molar-refractivity contribution < 1.29 is 0 Å². The van der Waals surface area contributed by atoms with Crippen LogP contribution in [0.4, 0.5) is 0 Å². The van der Waals surface area contributed by atoms with Crippen molar-refractivity contribution in [2.45, 2.75) is 0 Å². The summed E-state index contributed by atoms with van der Waals surface area (Å²) in [5.74, 6) is 0.700. The van der Waals surface area contributed by atoms with Crippen molar-refractivity contribution in [2.24, 2.45) is 0 Å². The highest BCUT2D eigenvalue weighted by molar-refractivity contribution is 6.06. The lowest BCUT2D eigenvalue weighted by molar-refractivity contribution is 1.19. The first kappa shape index (κ1) is 25.8. The molecular formula is C41H27N3. The molecule has 6 aromatic carbocycles. The van der Waals surface area contributed by atoms with E-state index in [4.69, 9.17) is 9.97 Å². The van der Waals surface area contributed by atoms with Crippen molar-refractivity contribution in [3.05, 3.63) is 164 Å². The van der Waals surface area contributed by atoms with Crippen LogP contribution < -0.4 is 0 Å². The number of benzene rings is 6. The molecule has 3 nitrogen and oxygen atoms in total. The van der Waals surface area contributed by atoms with E-state index in [1.165, 1.54) is 16.5 Å². The quantitative estimate of drug-likeness (QED) is 0.210. The van der Waals surface area contributed by atoms with Crippen LogP contribution in [-0.2, 0) is 0 Å². The molecule has 0 saturated heterocycles. The van der Waals surface area contributed by atoms with E-state index in [1.807, 2.05) is 18.3 Å². The molecule has 0 aliphatic heterocycles. The maximum absolute atomic E-state index is 5.28. The first-order chi connectivity index (χ1) is 21.8. The van der Waals surface area contributed by atoms with Crippen molar-refractivity contribution in [1.82, 2.24) is 15.0 Å². The largest absolute Gasteiger partial charge is 0.264 e. The number of pyridine rings is 1. The summed E-state index contributed by atoms with van der Waals surface area (Å²) in [7, 11) is 0. The first-order valence-corrected chi connectivity index (χ1v) is 14.8. The van der Waals surface area contributed by atoms with Crippen molar-refractivity contribution in [1.29, 1.82) is 0 Å². The fraction of sp³-hybridized carbons (Fsp3) is 0. The molecule has 44 heavy (non-hydrogen) atoms. The minimum absolute atomic E-state index is 0.700. The van der Waals surface area contributed by atoms with Crippen LogP contribution in [0.15, 0.2) is 164 Å². The smallest absolute Gasteiger partial charge is 0.161 e. The second kappa shape index (κ2) is 11.0. The molecule has 0 bridgehead atoms. The molecule has 0 unspecified atom stereocenters. The first-order valence-electron chi connectivity index (χ1n) is 14.8. The lowest BCUT2D eigenvalue weighted by Gasteiger charge is -2.15. The third-order valence-corrected chi connectivity index (χ3v) is 8.22. The Morgan fingerprint density at radius 2 is 0.818 bits per heavy atom. The summed E-state index contributed by atoms with van der Waals surface area (Å²) in [6, 6.07) is 52.9. The molecule has 8 rings (SSSR count). The summed E-state index contributed by atoms with van der Waals surface area (Å²) in [6.45, 7) is 0. The molecule has 2 aromatic heterocycles. The van der Waals surface area contributed by atoms with Gasteiger partial charge in [-0.1, -0.05) is 133 Å². The number of fused-ring (bicyclic) bond motifs is 2. The highest BCUT2D eigenvalue weighted by Gasteiger charge is 2.17. The summed E-state index contributed by atoms with van der Waals surface area (Å²) < 4.78 is 0. The van der Waals surface area contributed by atoms with Gasteiger partial charge in [-0.2, -0.15) is 0 Å². The number of hydrogen-bond acceptors (Lipinski definition) is 3. The predicted octanol–water partition coefficient (Wildman–Crippen LogP) is 10.5. The SMILES string of the molecule is c1ccc(-c2cc(-c3ccc(-c4ccccc4)c4ccccc34)nc(-c3ccc(-c4cccnc4)c4ccccc34)n2)cc1. The maximum Gasteiger partial charge on any atom is 0.161 e. The molecule has 0 amide bonds. The Morgan fingerprint density at radius 1 is 0.341 bits per heavy atom. The monoisotopic (exact) mass is 561 g/mol. The van der Waals surface area contributed by atoms with Crippen molar-refractivity contribution >= 4 is 21.5 Å². The van der Waals surface area contributed by atoms with Crippen LogP contribution >= 0.6 is 0 Å². The third-order valence-electron chi connectivity index (χ3n) is 8.22. The van der Waals surface area contributed by atoms with Gasteiger partial charge in [-0.3, -0.25) is 4.98 Å². The number of aromatic nitrogens is 3. The van der Waals surface area contributed by atoms with E-state index in [-0.39, 0.29) is 0 Å². The molecule has 0 saturated carbocycles. The molecule has 2 heterocycles. The van der Waals surface area contributed by atoms with E-state index in [0.29, 0.717) is 5.82 Å². The second-order valence-corrected chi connectivity index (χ2v) is 10.8. The van der Waals surface area contributed by atoms with Crippen LogP contribution in [0.5, 0.6) is 0 Å². The summed E-state index contributed by atoms with van der Waals surface area (Å²) in [5.41, 5.74) is 9.55. The Hall–Kier alpha value is -5.93. The Bertz CT molecular complexity index is 2120. The molecule has 206 valence electrons. The Morgan fingerprint density at radius 3 is 1.45 bits per heavy atom. The molecule has 0 atom stereocenters. The van der Waals surface area contributed by atoms with E-state index >= 15 is 0 Å². The third kappa shape index (κ3) is 4.61. The standard InChI is InChI=1S/C41H27N3/c1-3-12-28(13-4-1)31-21-23-37(35-19-9-7-17-33(31)35)40-26-39(29-14-5-2-6-15-29)43-41(44-40)38-24-22-32(30-16-11-25-42-27-30)34-18-8-10-20-36(34)38/h1-27H. The molecule has 0 spiro atoms. The topological polar surface area (TPSA) is 38.7 Å². The Kier molecular flexibility index (Phi) is 6.47. The predicted molar refractivity (Wildman–Crippen MR) is 182 cm³/mol. The Balaban J connectivity index is 1.37. The van der Waals surface area contributed by atoms with Gasteiger partial charge in [-0.05, 0) is 56.4 Å². The van der Waals surface area contributed by atoms with Gasteiger partial charge in [0.1, 0.15) is 0 Å². The number of hydrogen-bond donors (Lipinski definition) is 0. The number of nitrogens with zero attached hydrogens (tertiary/aromatic N) is 3. The number of rotatable bonds is 5. The zero-order valence-corrected chi connectivity index (χ0v) is 23.9. The molecule has 8 aromatic rings. The van der Waals surface area contributed by atoms with Gasteiger partial charge >= 0.3 is 0 Å². The van der Waals surface area contributed by atoms with Crippen LogP contribution in [0.3, 0.4) is 0 Å². The lowest BCUT2D eigenvalue weighted by atomic mass is 9.93. The van der Waals surface area contributed by atoms with E-state index < -0.39 is 0 Å². The second-order valence-electron chi connectivity index (χ2n) is 10.8. The van der Waals surface area contributed by atoms with Gasteiger partial charge in [-0.25, -0.2) is 9.97 Å². The average Bonchev–Trinajstić information content (AvgIpc) is 3.11. The van der Waals surface area contributed by atoms with Crippen molar-refractivity contribution in [2.75, 3.05) is 0 Å². The van der Waals surface area contributed by atoms with Gasteiger partial charge in [0.2, 0.25) is 0 Å². The fourth-order valence-corrected chi connectivity index (χ4v) is 6.12. The average molecular weight is 562 g/mol. The summed E-state index contributed by atoms with van der Waals surface area (Å²) in [4.78, 5) is 14.8. The van der Waals surface area contributed by atoms with Crippen LogP contribution in [0.1, 0.15) is 0 Å². The van der Waals surface area contributed by atoms with Gasteiger partial charge in [0.25, 0.3) is 0 Å². The Labute approximate surface area is 256 Å². The summed E-state index contributed by atoms with van der Waals surface area (Å²) >= 11 is 0. The maximum atomic E-state index is 5.28. The highest BCUT2D eigenvalue weighted by atomic mass is 14.9. The summed E-state index contributed by atoms with van der Waals surface area (Å²) in [5, 5.41) is 4.61. The molecule has 0 aliphatic rings. The van der Waals surface area contributed by atoms with Crippen molar-refractivity contribution in [3.63, 3.8) is 0 Å². The van der Waals surface area contributed by atoms with Crippen molar-refractivity contribution in [3.8, 4) is 56.2 Å². The molecule has 0 fully saturated rings. The normalized spacial score (nSPS) is 11.2. The van der Waals surface area contributed by atoms with E-state index in [1.54, 1.807) is 6.20 Å². The van der Waals surface area contributed by atoms with Gasteiger partial charge in [0.05, 0.1) is 11.4 Å². The van der Waals surface area contributed by atoms with E-state index in [9.17, 15) is 0 Å². The van der Waals surface area contributed by atoms with Crippen LogP contribution in [0.25, 0.3) is 77.7 Å². The van der Waals surface area contributed by atoms with E-state index in [0.717, 1.165) is 55.4 Å². The molecular weight excluding hydrogens is 534 g/mol. The van der Waals surface area contributed by atoms with E-state index in [2.05, 4.69) is 145 Å². The van der Waals surface area contributed by atoms with Crippen LogP contribution in [0.2, 0.25) is 0 Å². The zero-order chi connectivity index (χ0) is 29.3. The summed E-state index contributed by atoms with van der Waals surface area (Å²) in [6.07, 6.45) is 3.72. The van der Waals surface area contributed by atoms with Gasteiger partial charge < -0.3 is 0 Å². The lowest BCUT2D eigenvalue weighted by Crippen LogP contribution is -1.98. The molecule has 0 N–H and O–H groups in total. The van der Waals surface area contributed by atoms with Gasteiger partial charge in [0, 0.05) is 34.6 Å². The fourth-order valence-electron chi connectivity index (χ4n) is 6.12. The molecule has 0 aliphatic carbocycles.